The second kappa shape index (κ2) is 8.13. The van der Waals surface area contributed by atoms with Gasteiger partial charge in [-0.15, -0.1) is 0 Å². The lowest BCUT2D eigenvalue weighted by Gasteiger charge is -2.13. The fourth-order valence-electron chi connectivity index (χ4n) is 3.35. The van der Waals surface area contributed by atoms with Gasteiger partial charge in [0.2, 0.25) is 0 Å². The number of para-hydroxylation sites is 2. The molecule has 0 unspecified atom stereocenters. The van der Waals surface area contributed by atoms with E-state index in [1.54, 1.807) is 22.9 Å². The van der Waals surface area contributed by atoms with Crippen LogP contribution in [0.3, 0.4) is 0 Å². The summed E-state index contributed by atoms with van der Waals surface area (Å²) in [5.74, 6) is 0.402. The third kappa shape index (κ3) is 3.80. The minimum absolute atomic E-state index is 0.129. The normalized spacial score (nSPS) is 11.3. The van der Waals surface area contributed by atoms with Crippen molar-refractivity contribution in [3.05, 3.63) is 110 Å². The molecule has 5 rings (SSSR count). The highest BCUT2D eigenvalue weighted by atomic mass is 79.9. The smallest absolute Gasteiger partial charge is 0.266 e. The van der Waals surface area contributed by atoms with E-state index in [1.807, 2.05) is 54.6 Å². The van der Waals surface area contributed by atoms with Gasteiger partial charge in [0.05, 0.1) is 22.3 Å². The van der Waals surface area contributed by atoms with Crippen LogP contribution in [0.4, 0.5) is 0 Å². The maximum atomic E-state index is 13.3. The third-order valence-corrected chi connectivity index (χ3v) is 6.23. The Hall–Kier alpha value is -3.23. The van der Waals surface area contributed by atoms with Gasteiger partial charge in [-0.05, 0) is 52.3 Å². The molecule has 152 valence electrons. The molecule has 0 bridgehead atoms. The minimum atomic E-state index is -0.158. The maximum Gasteiger partial charge on any atom is 0.266 e. The number of pyridine rings is 1. The third-order valence-electron chi connectivity index (χ3n) is 4.79. The molecule has 0 fully saturated rings. The first-order valence-electron chi connectivity index (χ1n) is 9.48. The number of rotatable bonds is 4. The standard InChI is InChI=1S/C23H15BrN4O2S/c24-15-10-11-20-25-16(12-21(29)27(20)13-15)14-31-23-26-19-9-5-4-8-18(19)22(30)28(23)17-6-2-1-3-7-17/h1-13H,14H2. The zero-order valence-electron chi connectivity index (χ0n) is 16.1. The lowest BCUT2D eigenvalue weighted by Crippen LogP contribution is -2.21. The van der Waals surface area contributed by atoms with Crippen molar-refractivity contribution in [2.75, 3.05) is 0 Å². The molecule has 2 aromatic carbocycles. The lowest BCUT2D eigenvalue weighted by molar-refractivity contribution is 0.819. The molecule has 0 saturated heterocycles. The number of nitrogens with zero attached hydrogens (tertiary/aromatic N) is 4. The van der Waals surface area contributed by atoms with E-state index in [0.29, 0.717) is 33.2 Å². The second-order valence-corrected chi connectivity index (χ2v) is 8.70. The molecule has 0 atom stereocenters. The summed E-state index contributed by atoms with van der Waals surface area (Å²) in [7, 11) is 0. The summed E-state index contributed by atoms with van der Waals surface area (Å²) in [5.41, 5.74) is 2.28. The van der Waals surface area contributed by atoms with Crippen LogP contribution in [0, 0.1) is 0 Å². The molecule has 31 heavy (non-hydrogen) atoms. The summed E-state index contributed by atoms with van der Waals surface area (Å²) in [4.78, 5) is 35.1. The first kappa shape index (κ1) is 19.7. The number of benzene rings is 2. The van der Waals surface area contributed by atoms with Crippen LogP contribution in [0.15, 0.2) is 98.2 Å². The Kier molecular flexibility index (Phi) is 5.17. The van der Waals surface area contributed by atoms with Crippen LogP contribution < -0.4 is 11.1 Å². The van der Waals surface area contributed by atoms with Crippen LogP contribution in [0.1, 0.15) is 5.69 Å². The van der Waals surface area contributed by atoms with Crippen LogP contribution in [-0.2, 0) is 5.75 Å². The number of halogens is 1. The quantitative estimate of drug-likeness (QED) is 0.275. The fraction of sp³-hybridized carbons (Fsp3) is 0.0435. The molecule has 0 spiro atoms. The van der Waals surface area contributed by atoms with Crippen LogP contribution >= 0.6 is 27.7 Å². The summed E-state index contributed by atoms with van der Waals surface area (Å²) < 4.78 is 3.91. The molecule has 0 aliphatic carbocycles. The van der Waals surface area contributed by atoms with Crippen LogP contribution in [0.2, 0.25) is 0 Å². The molecular formula is C23H15BrN4O2S. The van der Waals surface area contributed by atoms with E-state index < -0.39 is 0 Å². The van der Waals surface area contributed by atoms with Gasteiger partial charge in [-0.25, -0.2) is 9.97 Å². The number of thioether (sulfide) groups is 1. The molecule has 0 saturated carbocycles. The van der Waals surface area contributed by atoms with E-state index in [2.05, 4.69) is 20.9 Å². The molecule has 0 N–H and O–H groups in total. The Bertz CT molecular complexity index is 1550. The van der Waals surface area contributed by atoms with Crippen molar-refractivity contribution in [1.82, 2.24) is 18.9 Å². The summed E-state index contributed by atoms with van der Waals surface area (Å²) in [5, 5.41) is 1.11. The number of hydrogen-bond acceptors (Lipinski definition) is 5. The van der Waals surface area contributed by atoms with E-state index in [4.69, 9.17) is 4.98 Å². The monoisotopic (exact) mass is 490 g/mol. The minimum Gasteiger partial charge on any atom is -0.269 e. The molecule has 8 heteroatoms. The molecule has 3 heterocycles. The first-order chi connectivity index (χ1) is 15.1. The lowest BCUT2D eigenvalue weighted by atomic mass is 10.2. The molecule has 6 nitrogen and oxygen atoms in total. The van der Waals surface area contributed by atoms with E-state index in [9.17, 15) is 9.59 Å². The molecule has 0 aliphatic rings. The van der Waals surface area contributed by atoms with Gasteiger partial charge in [0.25, 0.3) is 11.1 Å². The topological polar surface area (TPSA) is 69.3 Å². The van der Waals surface area contributed by atoms with Crippen molar-refractivity contribution in [3.8, 4) is 5.69 Å². The average Bonchev–Trinajstić information content (AvgIpc) is 2.79. The van der Waals surface area contributed by atoms with Crippen molar-refractivity contribution in [2.45, 2.75) is 10.9 Å². The Balaban J connectivity index is 1.59. The van der Waals surface area contributed by atoms with Crippen molar-refractivity contribution >= 4 is 44.2 Å². The number of fused-ring (bicyclic) bond motifs is 2. The SMILES string of the molecule is O=c1c2ccccc2nc(SCc2cc(=O)n3cc(Br)ccc3n2)n1-c1ccccc1. The van der Waals surface area contributed by atoms with E-state index in [0.717, 1.165) is 10.2 Å². The van der Waals surface area contributed by atoms with Crippen LogP contribution in [0.5, 0.6) is 0 Å². The van der Waals surface area contributed by atoms with Crippen molar-refractivity contribution in [2.24, 2.45) is 0 Å². The van der Waals surface area contributed by atoms with Gasteiger partial charge in [0, 0.05) is 22.5 Å². The Morgan fingerprint density at radius 3 is 2.52 bits per heavy atom. The molecule has 0 aliphatic heterocycles. The zero-order chi connectivity index (χ0) is 21.4. The van der Waals surface area contributed by atoms with Gasteiger partial charge >= 0.3 is 0 Å². The summed E-state index contributed by atoms with van der Waals surface area (Å²) in [6, 6.07) is 21.9. The Labute approximate surface area is 189 Å². The predicted octanol–water partition coefficient (Wildman–Crippen LogP) is 4.45. The Morgan fingerprint density at radius 2 is 1.68 bits per heavy atom. The molecule has 5 aromatic rings. The van der Waals surface area contributed by atoms with Crippen LogP contribution in [0.25, 0.3) is 22.2 Å². The largest absolute Gasteiger partial charge is 0.269 e. The molecule has 0 amide bonds. The zero-order valence-corrected chi connectivity index (χ0v) is 18.5. The Morgan fingerprint density at radius 1 is 0.903 bits per heavy atom. The summed E-state index contributed by atoms with van der Waals surface area (Å²) in [6.07, 6.45) is 1.69. The average molecular weight is 491 g/mol. The van der Waals surface area contributed by atoms with E-state index in [-0.39, 0.29) is 11.1 Å². The van der Waals surface area contributed by atoms with Crippen molar-refractivity contribution in [1.29, 1.82) is 0 Å². The van der Waals surface area contributed by atoms with Gasteiger partial charge in [-0.3, -0.25) is 18.6 Å². The van der Waals surface area contributed by atoms with Gasteiger partial charge in [-0.2, -0.15) is 0 Å². The van der Waals surface area contributed by atoms with Crippen LogP contribution in [-0.4, -0.2) is 18.9 Å². The van der Waals surface area contributed by atoms with Crippen molar-refractivity contribution < 1.29 is 0 Å². The predicted molar refractivity (Wildman–Crippen MR) is 126 cm³/mol. The first-order valence-corrected chi connectivity index (χ1v) is 11.3. The highest BCUT2D eigenvalue weighted by Gasteiger charge is 2.14. The van der Waals surface area contributed by atoms with Gasteiger partial charge in [0.15, 0.2) is 5.16 Å². The van der Waals surface area contributed by atoms with E-state index in [1.165, 1.54) is 22.2 Å². The van der Waals surface area contributed by atoms with Gasteiger partial charge < -0.3 is 0 Å². The molecular weight excluding hydrogens is 476 g/mol. The van der Waals surface area contributed by atoms with Crippen molar-refractivity contribution in [3.63, 3.8) is 0 Å². The number of aromatic nitrogens is 4. The van der Waals surface area contributed by atoms with E-state index >= 15 is 0 Å². The molecule has 3 aromatic heterocycles. The maximum absolute atomic E-state index is 13.3. The highest BCUT2D eigenvalue weighted by Crippen LogP contribution is 2.24. The number of hydrogen-bond donors (Lipinski definition) is 0. The molecule has 0 radical (unpaired) electrons. The van der Waals surface area contributed by atoms with Gasteiger partial charge in [0.1, 0.15) is 5.65 Å². The highest BCUT2D eigenvalue weighted by molar-refractivity contribution is 9.10. The summed E-state index contributed by atoms with van der Waals surface area (Å²) in [6.45, 7) is 0. The van der Waals surface area contributed by atoms with Gasteiger partial charge in [-0.1, -0.05) is 42.1 Å². The summed E-state index contributed by atoms with van der Waals surface area (Å²) >= 11 is 4.75. The second-order valence-electron chi connectivity index (χ2n) is 6.84. The fourth-order valence-corrected chi connectivity index (χ4v) is 4.59.